The Bertz CT molecular complexity index is 968. The molecule has 1 fully saturated rings. The van der Waals surface area contributed by atoms with Crippen molar-refractivity contribution in [3.8, 4) is 0 Å². The van der Waals surface area contributed by atoms with Gasteiger partial charge in [-0.25, -0.2) is 14.8 Å². The van der Waals surface area contributed by atoms with Crippen LogP contribution < -0.4 is 0 Å². The van der Waals surface area contributed by atoms with Gasteiger partial charge in [-0.2, -0.15) is 0 Å². The Hall–Kier alpha value is -3.16. The molecule has 3 aromatic heterocycles. The van der Waals surface area contributed by atoms with Gasteiger partial charge in [-0.05, 0) is 31.9 Å². The number of hydrogen-bond donors (Lipinski definition) is 1. The van der Waals surface area contributed by atoms with E-state index >= 15 is 0 Å². The number of fused-ring (bicyclic) bond motifs is 1. The minimum absolute atomic E-state index is 0.169. The molecule has 3 aromatic rings. The van der Waals surface area contributed by atoms with Gasteiger partial charge in [0.2, 0.25) is 0 Å². The van der Waals surface area contributed by atoms with Crippen LogP contribution in [0.1, 0.15) is 29.0 Å². The number of piperidine rings is 1. The lowest BCUT2D eigenvalue weighted by atomic mass is 9.87. The van der Waals surface area contributed by atoms with E-state index < -0.39 is 11.5 Å². The third kappa shape index (κ3) is 2.45. The van der Waals surface area contributed by atoms with Gasteiger partial charge in [0.15, 0.2) is 0 Å². The number of carboxylic acid groups (broad SMARTS) is 1. The number of aromatic nitrogens is 4. The molecule has 0 bridgehead atoms. The number of pyridine rings is 1. The molecule has 1 aliphatic rings. The summed E-state index contributed by atoms with van der Waals surface area (Å²) in [7, 11) is 0. The van der Waals surface area contributed by atoms with Gasteiger partial charge in [0.25, 0.3) is 5.91 Å². The van der Waals surface area contributed by atoms with Crippen LogP contribution in [0.5, 0.6) is 0 Å². The number of aryl methyl sites for hydroxylation is 1. The van der Waals surface area contributed by atoms with Crippen LogP contribution in [-0.4, -0.2) is 53.9 Å². The van der Waals surface area contributed by atoms with Crippen molar-refractivity contribution < 1.29 is 14.7 Å². The second kappa shape index (κ2) is 5.98. The highest BCUT2D eigenvalue weighted by molar-refractivity contribution is 5.93. The van der Waals surface area contributed by atoms with Gasteiger partial charge in [0.05, 0.1) is 6.33 Å². The summed E-state index contributed by atoms with van der Waals surface area (Å²) >= 11 is 0. The first-order valence-electron chi connectivity index (χ1n) is 8.47. The number of nitrogens with zero attached hydrogens (tertiary/aromatic N) is 5. The Balaban J connectivity index is 1.56. The molecule has 0 atom stereocenters. The zero-order valence-corrected chi connectivity index (χ0v) is 14.4. The Morgan fingerprint density at radius 2 is 2.00 bits per heavy atom. The molecule has 1 saturated heterocycles. The van der Waals surface area contributed by atoms with E-state index in [9.17, 15) is 14.7 Å². The fourth-order valence-electron chi connectivity index (χ4n) is 3.59. The van der Waals surface area contributed by atoms with Crippen molar-refractivity contribution in [1.29, 1.82) is 0 Å². The van der Waals surface area contributed by atoms with Crippen molar-refractivity contribution in [1.82, 2.24) is 23.8 Å². The molecule has 26 heavy (non-hydrogen) atoms. The number of hydrogen-bond acceptors (Lipinski definition) is 4. The van der Waals surface area contributed by atoms with Gasteiger partial charge in [0.1, 0.15) is 16.9 Å². The lowest BCUT2D eigenvalue weighted by molar-refractivity contribution is -0.150. The molecule has 1 N–H and O–H groups in total. The smallest absolute Gasteiger partial charge is 0.330 e. The van der Waals surface area contributed by atoms with Crippen LogP contribution in [0.25, 0.3) is 5.65 Å². The summed E-state index contributed by atoms with van der Waals surface area (Å²) in [4.78, 5) is 34.8. The van der Waals surface area contributed by atoms with Crippen LogP contribution in [0, 0.1) is 6.92 Å². The average Bonchev–Trinajstić information content (AvgIpc) is 3.31. The molecule has 8 heteroatoms. The van der Waals surface area contributed by atoms with Crippen molar-refractivity contribution in [2.24, 2.45) is 0 Å². The number of likely N-dealkylation sites (tertiary alicyclic amines) is 1. The number of aliphatic carboxylic acids is 1. The van der Waals surface area contributed by atoms with Crippen LogP contribution in [-0.2, 0) is 10.3 Å². The summed E-state index contributed by atoms with van der Waals surface area (Å²) in [5, 5.41) is 9.76. The maximum Gasteiger partial charge on any atom is 0.330 e. The van der Waals surface area contributed by atoms with Gasteiger partial charge >= 0.3 is 5.97 Å². The number of carbonyl (C=O) groups excluding carboxylic acids is 1. The number of rotatable bonds is 3. The topological polar surface area (TPSA) is 92.7 Å². The normalized spacial score (nSPS) is 16.7. The van der Waals surface area contributed by atoms with Gasteiger partial charge in [-0.15, -0.1) is 0 Å². The molecule has 134 valence electrons. The maximum atomic E-state index is 12.8. The van der Waals surface area contributed by atoms with E-state index in [2.05, 4.69) is 9.97 Å². The summed E-state index contributed by atoms with van der Waals surface area (Å²) in [6, 6.07) is 5.71. The number of amides is 1. The largest absolute Gasteiger partial charge is 0.479 e. The van der Waals surface area contributed by atoms with E-state index in [-0.39, 0.29) is 5.91 Å². The molecule has 4 heterocycles. The highest BCUT2D eigenvalue weighted by atomic mass is 16.4. The zero-order valence-electron chi connectivity index (χ0n) is 14.4. The summed E-state index contributed by atoms with van der Waals surface area (Å²) in [6.45, 7) is 2.67. The molecule has 0 aliphatic carbocycles. The number of carbonyl (C=O) groups is 2. The number of imidazole rings is 2. The van der Waals surface area contributed by atoms with E-state index in [1.54, 1.807) is 28.1 Å². The molecule has 4 rings (SSSR count). The van der Waals surface area contributed by atoms with E-state index in [4.69, 9.17) is 0 Å². The fraction of sp³-hybridized carbons (Fsp3) is 0.333. The molecular weight excluding hydrogens is 334 g/mol. The van der Waals surface area contributed by atoms with Crippen LogP contribution in [0.4, 0.5) is 0 Å². The molecule has 8 nitrogen and oxygen atoms in total. The zero-order chi connectivity index (χ0) is 18.3. The second-order valence-electron chi connectivity index (χ2n) is 6.62. The SMILES string of the molecule is Cc1cccc2nc(C(=O)N3CCC(C(=O)O)(n4ccnc4)CC3)cn12. The third-order valence-electron chi connectivity index (χ3n) is 5.19. The van der Waals surface area contributed by atoms with Crippen molar-refractivity contribution in [3.05, 3.63) is 54.5 Å². The quantitative estimate of drug-likeness (QED) is 0.771. The standard InChI is InChI=1S/C18H19N5O3/c1-13-3-2-4-15-20-14(11-23(13)15)16(24)21-8-5-18(6-9-21,17(25)26)22-10-7-19-12-22/h2-4,7,10-12H,5-6,8-9H2,1H3,(H,25,26). The highest BCUT2D eigenvalue weighted by Gasteiger charge is 2.44. The van der Waals surface area contributed by atoms with Crippen molar-refractivity contribution in [2.75, 3.05) is 13.1 Å². The van der Waals surface area contributed by atoms with E-state index in [1.807, 2.05) is 29.5 Å². The Morgan fingerprint density at radius 1 is 1.23 bits per heavy atom. The van der Waals surface area contributed by atoms with Gasteiger partial charge in [-0.1, -0.05) is 6.07 Å². The predicted octanol–water partition coefficient (Wildman–Crippen LogP) is 1.56. The first-order chi connectivity index (χ1) is 12.5. The number of carboxylic acids is 1. The van der Waals surface area contributed by atoms with Gasteiger partial charge < -0.3 is 19.0 Å². The molecule has 0 radical (unpaired) electrons. The van der Waals surface area contributed by atoms with Crippen molar-refractivity contribution in [2.45, 2.75) is 25.3 Å². The minimum Gasteiger partial charge on any atom is -0.479 e. The monoisotopic (exact) mass is 353 g/mol. The molecular formula is C18H19N5O3. The van der Waals surface area contributed by atoms with E-state index in [0.29, 0.717) is 31.6 Å². The summed E-state index contributed by atoms with van der Waals surface area (Å²) < 4.78 is 3.51. The Morgan fingerprint density at radius 3 is 2.62 bits per heavy atom. The molecule has 0 unspecified atom stereocenters. The molecule has 1 amide bonds. The van der Waals surface area contributed by atoms with Crippen LogP contribution in [0.3, 0.4) is 0 Å². The predicted molar refractivity (Wildman–Crippen MR) is 92.9 cm³/mol. The summed E-state index contributed by atoms with van der Waals surface area (Å²) in [5.74, 6) is -1.07. The molecule has 1 aliphatic heterocycles. The first-order valence-corrected chi connectivity index (χ1v) is 8.47. The average molecular weight is 353 g/mol. The lowest BCUT2D eigenvalue weighted by Gasteiger charge is -2.39. The molecule has 0 spiro atoms. The van der Waals surface area contributed by atoms with Gasteiger partial charge in [-0.3, -0.25) is 4.79 Å². The van der Waals surface area contributed by atoms with Crippen molar-refractivity contribution in [3.63, 3.8) is 0 Å². The molecule has 0 saturated carbocycles. The maximum absolute atomic E-state index is 12.8. The van der Waals surface area contributed by atoms with E-state index in [1.165, 1.54) is 6.33 Å². The van der Waals surface area contributed by atoms with Crippen LogP contribution >= 0.6 is 0 Å². The van der Waals surface area contributed by atoms with E-state index in [0.717, 1.165) is 11.3 Å². The first kappa shape index (κ1) is 16.3. The van der Waals surface area contributed by atoms with Crippen LogP contribution in [0.15, 0.2) is 43.1 Å². The minimum atomic E-state index is -1.05. The second-order valence-corrected chi connectivity index (χ2v) is 6.62. The highest BCUT2D eigenvalue weighted by Crippen LogP contribution is 2.31. The Kier molecular flexibility index (Phi) is 3.75. The van der Waals surface area contributed by atoms with Crippen LogP contribution in [0.2, 0.25) is 0 Å². The Labute approximate surface area is 149 Å². The lowest BCUT2D eigenvalue weighted by Crippen LogP contribution is -2.52. The third-order valence-corrected chi connectivity index (χ3v) is 5.19. The van der Waals surface area contributed by atoms with Gasteiger partial charge in [0, 0.05) is 37.4 Å². The fourth-order valence-corrected chi connectivity index (χ4v) is 3.59. The summed E-state index contributed by atoms with van der Waals surface area (Å²) in [6.07, 6.45) is 7.16. The summed E-state index contributed by atoms with van der Waals surface area (Å²) in [5.41, 5.74) is 1.05. The van der Waals surface area contributed by atoms with Crippen molar-refractivity contribution >= 4 is 17.5 Å². The molecule has 0 aromatic carbocycles.